The molecule has 1 N–H and O–H groups in total. The van der Waals surface area contributed by atoms with Gasteiger partial charge in [-0.1, -0.05) is 6.92 Å². The van der Waals surface area contributed by atoms with E-state index in [2.05, 4.69) is 33.0 Å². The quantitative estimate of drug-likeness (QED) is 0.807. The van der Waals surface area contributed by atoms with Crippen molar-refractivity contribution in [3.8, 4) is 0 Å². The van der Waals surface area contributed by atoms with E-state index in [0.29, 0.717) is 5.25 Å². The van der Waals surface area contributed by atoms with E-state index in [1.165, 1.54) is 12.1 Å². The highest BCUT2D eigenvalue weighted by Crippen LogP contribution is 2.23. The van der Waals surface area contributed by atoms with Gasteiger partial charge in [0.25, 0.3) is 0 Å². The molecule has 0 saturated heterocycles. The monoisotopic (exact) mass is 241 g/mol. The Balaban J connectivity index is 2.39. The molecule has 0 spiro atoms. The van der Waals surface area contributed by atoms with Crippen molar-refractivity contribution in [2.45, 2.75) is 43.4 Å². The van der Waals surface area contributed by atoms with Crippen LogP contribution in [-0.2, 0) is 0 Å². The van der Waals surface area contributed by atoms with Crippen molar-refractivity contribution in [1.82, 2.24) is 5.32 Å². The van der Waals surface area contributed by atoms with Crippen LogP contribution in [0.3, 0.4) is 0 Å². The molecule has 1 aromatic rings. The van der Waals surface area contributed by atoms with Gasteiger partial charge in [-0.2, -0.15) is 0 Å². The van der Waals surface area contributed by atoms with Crippen LogP contribution in [-0.4, -0.2) is 17.3 Å². The van der Waals surface area contributed by atoms with E-state index in [4.69, 9.17) is 0 Å². The number of thioether (sulfide) groups is 1. The maximum Gasteiger partial charge on any atom is 0.123 e. The van der Waals surface area contributed by atoms with Crippen LogP contribution in [0, 0.1) is 5.82 Å². The Morgan fingerprint density at radius 3 is 2.31 bits per heavy atom. The zero-order valence-electron chi connectivity index (χ0n) is 10.4. The lowest BCUT2D eigenvalue weighted by Gasteiger charge is -2.23. The van der Waals surface area contributed by atoms with Crippen LogP contribution in [0.2, 0.25) is 0 Å². The average Bonchev–Trinajstić information content (AvgIpc) is 2.18. The fourth-order valence-corrected chi connectivity index (χ4v) is 2.16. The minimum atomic E-state index is -0.176. The third kappa shape index (κ3) is 5.52. The molecule has 3 heteroatoms. The highest BCUT2D eigenvalue weighted by atomic mass is 32.2. The van der Waals surface area contributed by atoms with Crippen LogP contribution in [0.5, 0.6) is 0 Å². The summed E-state index contributed by atoms with van der Waals surface area (Å²) in [6, 6.07) is 6.67. The highest BCUT2D eigenvalue weighted by molar-refractivity contribution is 8.00. The minimum Gasteiger partial charge on any atom is -0.311 e. The molecule has 1 atom stereocenters. The van der Waals surface area contributed by atoms with E-state index in [1.807, 2.05) is 12.1 Å². The van der Waals surface area contributed by atoms with E-state index >= 15 is 0 Å². The Labute approximate surface area is 102 Å². The van der Waals surface area contributed by atoms with Gasteiger partial charge in [0, 0.05) is 22.2 Å². The molecule has 1 rings (SSSR count). The molecule has 1 nitrogen and oxygen atoms in total. The summed E-state index contributed by atoms with van der Waals surface area (Å²) < 4.78 is 12.7. The lowest BCUT2D eigenvalue weighted by Crippen LogP contribution is -2.39. The SMILES string of the molecule is CC(CNC(C)(C)C)Sc1ccc(F)cc1. The van der Waals surface area contributed by atoms with Gasteiger partial charge in [-0.15, -0.1) is 11.8 Å². The fourth-order valence-electron chi connectivity index (χ4n) is 1.24. The molecule has 0 aliphatic heterocycles. The van der Waals surface area contributed by atoms with Gasteiger partial charge in [-0.05, 0) is 45.0 Å². The minimum absolute atomic E-state index is 0.150. The molecule has 16 heavy (non-hydrogen) atoms. The summed E-state index contributed by atoms with van der Waals surface area (Å²) in [4.78, 5) is 1.12. The summed E-state index contributed by atoms with van der Waals surface area (Å²) in [7, 11) is 0. The highest BCUT2D eigenvalue weighted by Gasteiger charge is 2.11. The van der Waals surface area contributed by atoms with Crippen LogP contribution in [0.4, 0.5) is 4.39 Å². The third-order valence-corrected chi connectivity index (χ3v) is 3.18. The second-order valence-electron chi connectivity index (χ2n) is 5.01. The normalized spacial score (nSPS) is 13.8. The number of hydrogen-bond donors (Lipinski definition) is 1. The summed E-state index contributed by atoms with van der Waals surface area (Å²) in [6.45, 7) is 9.59. The smallest absolute Gasteiger partial charge is 0.123 e. The summed E-state index contributed by atoms with van der Waals surface area (Å²) in [5.41, 5.74) is 0.150. The number of halogens is 1. The molecule has 1 aromatic carbocycles. The standard InChI is InChI=1S/C13H20FNS/c1-10(9-15-13(2,3)4)16-12-7-5-11(14)6-8-12/h5-8,10,15H,9H2,1-4H3. The number of nitrogens with one attached hydrogen (secondary N) is 1. The Morgan fingerprint density at radius 1 is 1.25 bits per heavy atom. The Hall–Kier alpha value is -0.540. The van der Waals surface area contributed by atoms with E-state index in [-0.39, 0.29) is 11.4 Å². The Kier molecular flexibility index (Phi) is 4.81. The van der Waals surface area contributed by atoms with Crippen molar-refractivity contribution in [2.75, 3.05) is 6.54 Å². The molecular weight excluding hydrogens is 221 g/mol. The van der Waals surface area contributed by atoms with Crippen molar-refractivity contribution in [3.05, 3.63) is 30.1 Å². The van der Waals surface area contributed by atoms with Crippen molar-refractivity contribution < 1.29 is 4.39 Å². The maximum atomic E-state index is 12.7. The first-order chi connectivity index (χ1) is 7.37. The van der Waals surface area contributed by atoms with Gasteiger partial charge >= 0.3 is 0 Å². The molecular formula is C13H20FNS. The van der Waals surface area contributed by atoms with E-state index in [1.54, 1.807) is 11.8 Å². The van der Waals surface area contributed by atoms with Crippen molar-refractivity contribution in [2.24, 2.45) is 0 Å². The zero-order valence-corrected chi connectivity index (χ0v) is 11.2. The number of hydrogen-bond acceptors (Lipinski definition) is 2. The molecule has 0 amide bonds. The third-order valence-electron chi connectivity index (χ3n) is 2.07. The summed E-state index contributed by atoms with van der Waals surface area (Å²) in [6.07, 6.45) is 0. The van der Waals surface area contributed by atoms with Crippen LogP contribution in [0.15, 0.2) is 29.2 Å². The van der Waals surface area contributed by atoms with Crippen LogP contribution < -0.4 is 5.32 Å². The fraction of sp³-hybridized carbons (Fsp3) is 0.538. The number of rotatable bonds is 4. The molecule has 0 aromatic heterocycles. The molecule has 90 valence electrons. The molecule has 0 bridgehead atoms. The van der Waals surface area contributed by atoms with E-state index in [9.17, 15) is 4.39 Å². The first-order valence-electron chi connectivity index (χ1n) is 5.54. The predicted octanol–water partition coefficient (Wildman–Crippen LogP) is 3.69. The van der Waals surface area contributed by atoms with Crippen LogP contribution in [0.1, 0.15) is 27.7 Å². The lowest BCUT2D eigenvalue weighted by molar-refractivity contribution is 0.429. The van der Waals surface area contributed by atoms with Gasteiger partial charge in [0.1, 0.15) is 5.82 Å². The first-order valence-corrected chi connectivity index (χ1v) is 6.42. The molecule has 0 saturated carbocycles. The first kappa shape index (κ1) is 13.5. The zero-order chi connectivity index (χ0) is 12.2. The molecule has 0 radical (unpaired) electrons. The van der Waals surface area contributed by atoms with Crippen LogP contribution >= 0.6 is 11.8 Å². The largest absolute Gasteiger partial charge is 0.311 e. The molecule has 0 fully saturated rings. The Bertz CT molecular complexity index is 316. The second-order valence-corrected chi connectivity index (χ2v) is 6.53. The summed E-state index contributed by atoms with van der Waals surface area (Å²) >= 11 is 1.76. The lowest BCUT2D eigenvalue weighted by atomic mass is 10.1. The van der Waals surface area contributed by atoms with Crippen LogP contribution in [0.25, 0.3) is 0 Å². The summed E-state index contributed by atoms with van der Waals surface area (Å²) in [5.74, 6) is -0.176. The molecule has 0 aliphatic carbocycles. The van der Waals surface area contributed by atoms with Gasteiger partial charge in [-0.25, -0.2) is 4.39 Å². The second kappa shape index (κ2) is 5.69. The maximum absolute atomic E-state index is 12.7. The average molecular weight is 241 g/mol. The van der Waals surface area contributed by atoms with E-state index in [0.717, 1.165) is 11.4 Å². The van der Waals surface area contributed by atoms with Crippen molar-refractivity contribution >= 4 is 11.8 Å². The van der Waals surface area contributed by atoms with Gasteiger partial charge in [-0.3, -0.25) is 0 Å². The predicted molar refractivity (Wildman–Crippen MR) is 69.5 cm³/mol. The topological polar surface area (TPSA) is 12.0 Å². The van der Waals surface area contributed by atoms with Gasteiger partial charge in [0.05, 0.1) is 0 Å². The Morgan fingerprint density at radius 2 is 1.81 bits per heavy atom. The van der Waals surface area contributed by atoms with Gasteiger partial charge in [0.2, 0.25) is 0 Å². The van der Waals surface area contributed by atoms with Gasteiger partial charge in [0.15, 0.2) is 0 Å². The van der Waals surface area contributed by atoms with E-state index < -0.39 is 0 Å². The number of benzene rings is 1. The molecule has 0 aliphatic rings. The summed E-state index contributed by atoms with van der Waals surface area (Å²) in [5, 5.41) is 3.93. The van der Waals surface area contributed by atoms with Crippen molar-refractivity contribution in [3.63, 3.8) is 0 Å². The molecule has 0 heterocycles. The van der Waals surface area contributed by atoms with Crippen molar-refractivity contribution in [1.29, 1.82) is 0 Å². The molecule has 1 unspecified atom stereocenters. The van der Waals surface area contributed by atoms with Gasteiger partial charge < -0.3 is 5.32 Å².